The molecule has 1 saturated heterocycles. The molecular weight excluding hydrogens is 520 g/mol. The summed E-state index contributed by atoms with van der Waals surface area (Å²) >= 11 is 0. The summed E-state index contributed by atoms with van der Waals surface area (Å²) in [4.78, 5) is 62.6. The minimum Gasteiger partial charge on any atom is -0.345 e. The van der Waals surface area contributed by atoms with E-state index >= 15 is 0 Å². The summed E-state index contributed by atoms with van der Waals surface area (Å²) < 4.78 is 0. The molecule has 4 amide bonds. The molecular formula is C32H56N4O5. The summed E-state index contributed by atoms with van der Waals surface area (Å²) in [5.41, 5.74) is 0. The van der Waals surface area contributed by atoms with E-state index in [9.17, 15) is 24.0 Å². The van der Waals surface area contributed by atoms with Crippen LogP contribution in [0.1, 0.15) is 130 Å². The molecule has 0 spiro atoms. The highest BCUT2D eigenvalue weighted by Gasteiger charge is 2.37. The Bertz CT molecular complexity index is 831. The molecule has 1 rings (SSSR count). The smallest absolute Gasteiger partial charge is 0.245 e. The van der Waals surface area contributed by atoms with E-state index in [-0.39, 0.29) is 17.7 Å². The number of amides is 4. The second-order valence-electron chi connectivity index (χ2n) is 11.5. The van der Waals surface area contributed by atoms with Crippen LogP contribution >= 0.6 is 0 Å². The molecule has 4 atom stereocenters. The van der Waals surface area contributed by atoms with E-state index in [1.165, 1.54) is 56.3 Å². The average Bonchev–Trinajstić information content (AvgIpc) is 3.44. The maximum absolute atomic E-state index is 12.9. The van der Waals surface area contributed by atoms with Gasteiger partial charge in [0.15, 0.2) is 0 Å². The van der Waals surface area contributed by atoms with Crippen molar-refractivity contribution in [3.8, 4) is 0 Å². The standard InChI is InChI=1S/C32H56N4O5/c1-5-6-7-8-9-10-11-12-13-14-15-16-17-18-19-22-29(38)34-26(3)30(39)35-27(4)32(41)36-23-20-21-28(36)31(40)33-25(2)24-37/h12-13,24-28H,5-11,14-23H2,1-4H3,(H,33,40)(H,34,38)(H,35,39)/b13-12-/t25-,26-,27-,28-/m0/s1. The van der Waals surface area contributed by atoms with E-state index in [0.29, 0.717) is 32.1 Å². The molecule has 1 heterocycles. The Morgan fingerprint density at radius 2 is 1.37 bits per heavy atom. The molecule has 0 saturated carbocycles. The maximum Gasteiger partial charge on any atom is 0.245 e. The predicted octanol–water partition coefficient (Wildman–Crippen LogP) is 4.73. The van der Waals surface area contributed by atoms with E-state index in [1.54, 1.807) is 20.8 Å². The number of unbranched alkanes of at least 4 members (excludes halogenated alkanes) is 11. The van der Waals surface area contributed by atoms with Crippen LogP contribution in [0.2, 0.25) is 0 Å². The van der Waals surface area contributed by atoms with Gasteiger partial charge in [-0.1, -0.05) is 70.4 Å². The summed E-state index contributed by atoms with van der Waals surface area (Å²) in [7, 11) is 0. The highest BCUT2D eigenvalue weighted by Crippen LogP contribution is 2.19. The lowest BCUT2D eigenvalue weighted by molar-refractivity contribution is -0.141. The summed E-state index contributed by atoms with van der Waals surface area (Å²) in [5, 5.41) is 7.96. The number of nitrogens with one attached hydrogen (secondary N) is 3. The van der Waals surface area contributed by atoms with Gasteiger partial charge >= 0.3 is 0 Å². The molecule has 0 unspecified atom stereocenters. The molecule has 9 nitrogen and oxygen atoms in total. The lowest BCUT2D eigenvalue weighted by atomic mass is 10.1. The van der Waals surface area contributed by atoms with Gasteiger partial charge in [-0.3, -0.25) is 19.2 Å². The van der Waals surface area contributed by atoms with E-state index in [2.05, 4.69) is 35.0 Å². The first-order valence-electron chi connectivity index (χ1n) is 16.0. The van der Waals surface area contributed by atoms with Crippen molar-refractivity contribution >= 4 is 29.9 Å². The Balaban J connectivity index is 2.18. The van der Waals surface area contributed by atoms with Crippen LogP contribution in [-0.4, -0.2) is 65.5 Å². The molecule has 1 aliphatic rings. The maximum atomic E-state index is 12.9. The summed E-state index contributed by atoms with van der Waals surface area (Å²) in [6.07, 6.45) is 22.3. The lowest BCUT2D eigenvalue weighted by Gasteiger charge is -2.28. The zero-order valence-corrected chi connectivity index (χ0v) is 26.1. The number of rotatable bonds is 22. The van der Waals surface area contributed by atoms with Crippen LogP contribution in [0.4, 0.5) is 0 Å². The van der Waals surface area contributed by atoms with Crippen molar-refractivity contribution in [1.82, 2.24) is 20.9 Å². The predicted molar refractivity (Wildman–Crippen MR) is 163 cm³/mol. The Hall–Kier alpha value is -2.71. The fourth-order valence-corrected chi connectivity index (χ4v) is 5.04. The van der Waals surface area contributed by atoms with Gasteiger partial charge in [0, 0.05) is 13.0 Å². The summed E-state index contributed by atoms with van der Waals surface area (Å²) in [6, 6.07) is -2.91. The quantitative estimate of drug-likeness (QED) is 0.0977. The van der Waals surface area contributed by atoms with Crippen LogP contribution in [0.5, 0.6) is 0 Å². The van der Waals surface area contributed by atoms with Crippen molar-refractivity contribution in [2.75, 3.05) is 6.54 Å². The molecule has 1 aliphatic heterocycles. The van der Waals surface area contributed by atoms with Gasteiger partial charge in [-0.2, -0.15) is 0 Å². The Morgan fingerprint density at radius 1 is 0.780 bits per heavy atom. The van der Waals surface area contributed by atoms with Gasteiger partial charge in [-0.05, 0) is 65.7 Å². The van der Waals surface area contributed by atoms with Gasteiger partial charge in [-0.25, -0.2) is 0 Å². The van der Waals surface area contributed by atoms with Crippen molar-refractivity contribution in [3.05, 3.63) is 12.2 Å². The molecule has 0 radical (unpaired) electrons. The van der Waals surface area contributed by atoms with Crippen molar-refractivity contribution < 1.29 is 24.0 Å². The number of hydrogen-bond acceptors (Lipinski definition) is 5. The third-order valence-electron chi connectivity index (χ3n) is 7.58. The molecule has 41 heavy (non-hydrogen) atoms. The van der Waals surface area contributed by atoms with Gasteiger partial charge in [0.2, 0.25) is 23.6 Å². The van der Waals surface area contributed by atoms with Crippen LogP contribution in [0.15, 0.2) is 12.2 Å². The van der Waals surface area contributed by atoms with Crippen molar-refractivity contribution in [3.63, 3.8) is 0 Å². The fourth-order valence-electron chi connectivity index (χ4n) is 5.04. The second kappa shape index (κ2) is 22.0. The first kappa shape index (κ1) is 36.3. The van der Waals surface area contributed by atoms with E-state index in [4.69, 9.17) is 0 Å². The Kier molecular flexibility index (Phi) is 19.5. The van der Waals surface area contributed by atoms with E-state index < -0.39 is 30.1 Å². The first-order valence-corrected chi connectivity index (χ1v) is 16.0. The largest absolute Gasteiger partial charge is 0.345 e. The SMILES string of the molecule is CCCCCCCC/C=C\CCCCCCCC(=O)N[C@@H](C)C(=O)N[C@@H](C)C(=O)N1CCC[C@H]1C(=O)N[C@@H](C)C=O. The number of carbonyl (C=O) groups excluding carboxylic acids is 5. The zero-order chi connectivity index (χ0) is 30.5. The molecule has 0 aromatic rings. The van der Waals surface area contributed by atoms with Crippen LogP contribution in [0.3, 0.4) is 0 Å². The van der Waals surface area contributed by atoms with Gasteiger partial charge < -0.3 is 25.6 Å². The van der Waals surface area contributed by atoms with Crippen LogP contribution < -0.4 is 16.0 Å². The normalized spacial score (nSPS) is 17.2. The van der Waals surface area contributed by atoms with Crippen molar-refractivity contribution in [2.24, 2.45) is 0 Å². The minimum absolute atomic E-state index is 0.176. The summed E-state index contributed by atoms with van der Waals surface area (Å²) in [6.45, 7) is 7.39. The molecule has 0 aliphatic carbocycles. The van der Waals surface area contributed by atoms with Gasteiger partial charge in [-0.15, -0.1) is 0 Å². The van der Waals surface area contributed by atoms with Crippen LogP contribution in [0, 0.1) is 0 Å². The zero-order valence-electron chi connectivity index (χ0n) is 26.1. The molecule has 234 valence electrons. The molecule has 0 bridgehead atoms. The monoisotopic (exact) mass is 576 g/mol. The number of aldehydes is 1. The van der Waals surface area contributed by atoms with Crippen LogP contribution in [-0.2, 0) is 24.0 Å². The number of likely N-dealkylation sites (tertiary alicyclic amines) is 1. The van der Waals surface area contributed by atoms with Crippen molar-refractivity contribution in [1.29, 1.82) is 0 Å². The highest BCUT2D eigenvalue weighted by atomic mass is 16.2. The third-order valence-corrected chi connectivity index (χ3v) is 7.58. The topological polar surface area (TPSA) is 125 Å². The van der Waals surface area contributed by atoms with E-state index in [0.717, 1.165) is 32.1 Å². The van der Waals surface area contributed by atoms with Crippen molar-refractivity contribution in [2.45, 2.75) is 155 Å². The fraction of sp³-hybridized carbons (Fsp3) is 0.781. The minimum atomic E-state index is -0.843. The second-order valence-corrected chi connectivity index (χ2v) is 11.5. The Labute approximate surface area is 248 Å². The summed E-state index contributed by atoms with van der Waals surface area (Å²) in [5.74, 6) is -1.35. The molecule has 3 N–H and O–H groups in total. The number of nitrogens with zero attached hydrogens (tertiary/aromatic N) is 1. The number of hydrogen-bond donors (Lipinski definition) is 3. The van der Waals surface area contributed by atoms with Gasteiger partial charge in [0.05, 0.1) is 6.04 Å². The average molecular weight is 577 g/mol. The molecule has 0 aromatic heterocycles. The Morgan fingerprint density at radius 3 is 1.98 bits per heavy atom. The van der Waals surface area contributed by atoms with Crippen LogP contribution in [0.25, 0.3) is 0 Å². The lowest BCUT2D eigenvalue weighted by Crippen LogP contribution is -2.55. The first-order chi connectivity index (χ1) is 19.7. The number of carbonyl (C=O) groups is 5. The molecule has 1 fully saturated rings. The van der Waals surface area contributed by atoms with E-state index in [1.807, 2.05) is 0 Å². The molecule has 0 aromatic carbocycles. The third kappa shape index (κ3) is 15.8. The highest BCUT2D eigenvalue weighted by molar-refractivity contribution is 5.94. The molecule has 9 heteroatoms. The number of allylic oxidation sites excluding steroid dienone is 2. The van der Waals surface area contributed by atoms with Gasteiger partial charge in [0.1, 0.15) is 24.4 Å². The van der Waals surface area contributed by atoms with Gasteiger partial charge in [0.25, 0.3) is 0 Å².